The molecule has 0 spiro atoms. The third-order valence-electron chi connectivity index (χ3n) is 0.866. The Balaban J connectivity index is 3.68. The molecule has 0 heterocycles. The summed E-state index contributed by atoms with van der Waals surface area (Å²) in [5.41, 5.74) is 1.56. The Morgan fingerprint density at radius 3 is 2.58 bits per heavy atom. The van der Waals surface area contributed by atoms with Crippen molar-refractivity contribution in [1.82, 2.24) is 5.48 Å². The van der Waals surface area contributed by atoms with Gasteiger partial charge in [-0.2, -0.15) is 5.48 Å². The molecule has 0 bridgehead atoms. The van der Waals surface area contributed by atoms with Gasteiger partial charge < -0.3 is 15.1 Å². The van der Waals surface area contributed by atoms with Crippen molar-refractivity contribution in [2.45, 2.75) is 12.5 Å². The lowest BCUT2D eigenvalue weighted by Crippen LogP contribution is -2.27. The van der Waals surface area contributed by atoms with E-state index in [1.54, 1.807) is 5.48 Å². The molecule has 0 aromatic heterocycles. The van der Waals surface area contributed by atoms with Crippen LogP contribution in [0.1, 0.15) is 6.42 Å². The SMILES string of the molecule is O=CNOC(=O)CC(O)C(=O)O. The lowest BCUT2D eigenvalue weighted by atomic mass is 10.3. The Labute approximate surface area is 66.9 Å². The van der Waals surface area contributed by atoms with Gasteiger partial charge in [-0.05, 0) is 0 Å². The van der Waals surface area contributed by atoms with Gasteiger partial charge in [0.25, 0.3) is 0 Å². The van der Waals surface area contributed by atoms with Gasteiger partial charge in [-0.3, -0.25) is 4.79 Å². The van der Waals surface area contributed by atoms with Crippen LogP contribution in [-0.2, 0) is 19.2 Å². The zero-order valence-corrected chi connectivity index (χ0v) is 5.89. The summed E-state index contributed by atoms with van der Waals surface area (Å²) in [6.07, 6.45) is -2.42. The second kappa shape index (κ2) is 5.08. The molecular formula is C5H7NO6. The Hall–Kier alpha value is -1.63. The van der Waals surface area contributed by atoms with Crippen molar-refractivity contribution < 1.29 is 29.4 Å². The molecule has 12 heavy (non-hydrogen) atoms. The van der Waals surface area contributed by atoms with E-state index in [2.05, 4.69) is 4.84 Å². The first kappa shape index (κ1) is 10.4. The van der Waals surface area contributed by atoms with Gasteiger partial charge >= 0.3 is 11.9 Å². The summed E-state index contributed by atoms with van der Waals surface area (Å²) in [6, 6.07) is 0. The molecule has 0 rings (SSSR count). The molecule has 0 saturated carbocycles. The molecule has 0 radical (unpaired) electrons. The maximum absolute atomic E-state index is 10.4. The van der Waals surface area contributed by atoms with Gasteiger partial charge in [0.05, 0.1) is 6.42 Å². The molecular weight excluding hydrogens is 170 g/mol. The monoisotopic (exact) mass is 177 g/mol. The number of rotatable bonds is 5. The Kier molecular flexibility index (Phi) is 4.39. The predicted octanol–water partition coefficient (Wildman–Crippen LogP) is -1.97. The Morgan fingerprint density at radius 1 is 1.58 bits per heavy atom. The molecule has 7 heteroatoms. The van der Waals surface area contributed by atoms with Crippen molar-refractivity contribution in [3.05, 3.63) is 0 Å². The van der Waals surface area contributed by atoms with E-state index in [0.29, 0.717) is 0 Å². The van der Waals surface area contributed by atoms with Gasteiger partial charge in [-0.25, -0.2) is 9.59 Å². The molecule has 0 aromatic rings. The van der Waals surface area contributed by atoms with Crippen LogP contribution in [0.15, 0.2) is 0 Å². The number of hydroxylamine groups is 1. The second-order valence-corrected chi connectivity index (χ2v) is 1.77. The number of aliphatic hydroxyl groups is 1. The number of hydrogen-bond donors (Lipinski definition) is 3. The van der Waals surface area contributed by atoms with E-state index >= 15 is 0 Å². The number of hydrogen-bond acceptors (Lipinski definition) is 5. The lowest BCUT2D eigenvalue weighted by molar-refractivity contribution is -0.161. The molecule has 0 aromatic carbocycles. The number of aliphatic hydroxyl groups excluding tert-OH is 1. The van der Waals surface area contributed by atoms with Crippen LogP contribution in [0.25, 0.3) is 0 Å². The predicted molar refractivity (Wildman–Crippen MR) is 33.6 cm³/mol. The molecule has 1 unspecified atom stereocenters. The van der Waals surface area contributed by atoms with Crippen LogP contribution < -0.4 is 5.48 Å². The molecule has 68 valence electrons. The minimum absolute atomic E-state index is 0.102. The van der Waals surface area contributed by atoms with Crippen molar-refractivity contribution in [1.29, 1.82) is 0 Å². The normalized spacial score (nSPS) is 11.4. The van der Waals surface area contributed by atoms with Gasteiger partial charge in [0.2, 0.25) is 6.41 Å². The zero-order valence-electron chi connectivity index (χ0n) is 5.89. The number of aliphatic carboxylic acids is 1. The van der Waals surface area contributed by atoms with Crippen molar-refractivity contribution >= 4 is 18.3 Å². The topological polar surface area (TPSA) is 113 Å². The molecule has 0 aliphatic carbocycles. The summed E-state index contributed by atoms with van der Waals surface area (Å²) in [7, 11) is 0. The maximum atomic E-state index is 10.4. The van der Waals surface area contributed by atoms with Crippen LogP contribution in [0.2, 0.25) is 0 Å². The maximum Gasteiger partial charge on any atom is 0.335 e. The summed E-state index contributed by atoms with van der Waals surface area (Å²) in [5.74, 6) is -2.56. The number of amides is 1. The van der Waals surface area contributed by atoms with Gasteiger partial charge in [-0.15, -0.1) is 0 Å². The number of nitrogens with one attached hydrogen (secondary N) is 1. The molecule has 1 atom stereocenters. The lowest BCUT2D eigenvalue weighted by Gasteiger charge is -2.03. The fourth-order valence-corrected chi connectivity index (χ4v) is 0.377. The molecule has 0 fully saturated rings. The second-order valence-electron chi connectivity index (χ2n) is 1.77. The largest absolute Gasteiger partial charge is 0.479 e. The highest BCUT2D eigenvalue weighted by Gasteiger charge is 2.18. The third kappa shape index (κ3) is 4.23. The molecule has 0 aliphatic rings. The van der Waals surface area contributed by atoms with Crippen molar-refractivity contribution in [3.8, 4) is 0 Å². The quantitative estimate of drug-likeness (QED) is 0.331. The summed E-state index contributed by atoms with van der Waals surface area (Å²) in [6.45, 7) is 0. The molecule has 0 aliphatic heterocycles. The van der Waals surface area contributed by atoms with Gasteiger partial charge in [0.1, 0.15) is 0 Å². The Bertz CT molecular complexity index is 190. The van der Waals surface area contributed by atoms with Crippen LogP contribution in [0.4, 0.5) is 0 Å². The summed E-state index contributed by atoms with van der Waals surface area (Å²) < 4.78 is 0. The third-order valence-corrected chi connectivity index (χ3v) is 0.866. The van der Waals surface area contributed by atoms with Gasteiger partial charge in [0, 0.05) is 0 Å². The minimum atomic E-state index is -1.81. The number of carboxylic acids is 1. The smallest absolute Gasteiger partial charge is 0.335 e. The number of carboxylic acid groups (broad SMARTS) is 1. The fraction of sp³-hybridized carbons (Fsp3) is 0.400. The van der Waals surface area contributed by atoms with E-state index in [-0.39, 0.29) is 6.41 Å². The Morgan fingerprint density at radius 2 is 2.17 bits per heavy atom. The highest BCUT2D eigenvalue weighted by atomic mass is 16.7. The van der Waals surface area contributed by atoms with Crippen LogP contribution in [0.3, 0.4) is 0 Å². The minimum Gasteiger partial charge on any atom is -0.479 e. The molecule has 7 nitrogen and oxygen atoms in total. The first-order chi connectivity index (χ1) is 5.57. The van der Waals surface area contributed by atoms with Crippen molar-refractivity contribution in [2.75, 3.05) is 0 Å². The highest BCUT2D eigenvalue weighted by molar-refractivity contribution is 5.80. The van der Waals surface area contributed by atoms with Crippen LogP contribution in [-0.4, -0.2) is 34.7 Å². The van der Waals surface area contributed by atoms with Crippen LogP contribution in [0.5, 0.6) is 0 Å². The van der Waals surface area contributed by atoms with Crippen molar-refractivity contribution in [2.24, 2.45) is 0 Å². The average molecular weight is 177 g/mol. The first-order valence-electron chi connectivity index (χ1n) is 2.87. The molecule has 3 N–H and O–H groups in total. The summed E-state index contributed by atoms with van der Waals surface area (Å²) in [4.78, 5) is 33.9. The summed E-state index contributed by atoms with van der Waals surface area (Å²) in [5, 5.41) is 16.7. The van der Waals surface area contributed by atoms with Crippen LogP contribution in [0, 0.1) is 0 Å². The fourth-order valence-electron chi connectivity index (χ4n) is 0.377. The van der Waals surface area contributed by atoms with E-state index < -0.39 is 24.5 Å². The van der Waals surface area contributed by atoms with E-state index in [4.69, 9.17) is 10.2 Å². The van der Waals surface area contributed by atoms with Crippen molar-refractivity contribution in [3.63, 3.8) is 0 Å². The standard InChI is InChI=1S/C5H7NO6/c7-2-6-12-4(9)1-3(8)5(10)11/h2-3,8H,1H2,(H,6,7)(H,10,11). The van der Waals surface area contributed by atoms with E-state index in [1.807, 2.05) is 0 Å². The average Bonchev–Trinajstić information content (AvgIpc) is 2.00. The van der Waals surface area contributed by atoms with E-state index in [9.17, 15) is 14.4 Å². The molecule has 1 amide bonds. The van der Waals surface area contributed by atoms with E-state index in [1.165, 1.54) is 0 Å². The highest BCUT2D eigenvalue weighted by Crippen LogP contribution is 1.92. The number of carbonyl (C=O) groups is 3. The van der Waals surface area contributed by atoms with Gasteiger partial charge in [0.15, 0.2) is 6.10 Å². The molecule has 0 saturated heterocycles. The van der Waals surface area contributed by atoms with Gasteiger partial charge in [-0.1, -0.05) is 0 Å². The van der Waals surface area contributed by atoms with Crippen LogP contribution >= 0.6 is 0 Å². The summed E-state index contributed by atoms with van der Waals surface area (Å²) >= 11 is 0. The first-order valence-corrected chi connectivity index (χ1v) is 2.87. The number of carbonyl (C=O) groups excluding carboxylic acids is 2. The van der Waals surface area contributed by atoms with E-state index in [0.717, 1.165) is 0 Å². The zero-order chi connectivity index (χ0) is 9.56.